The van der Waals surface area contributed by atoms with Gasteiger partial charge in [0, 0.05) is 4.90 Å². The molecule has 2 rings (SSSR count). The molecule has 0 amide bonds. The molecule has 0 aromatic heterocycles. The van der Waals surface area contributed by atoms with Gasteiger partial charge in [-0.15, -0.1) is 0 Å². The van der Waals surface area contributed by atoms with E-state index in [0.29, 0.717) is 6.61 Å². The fourth-order valence-electron chi connectivity index (χ4n) is 2.39. The van der Waals surface area contributed by atoms with Gasteiger partial charge in [0.05, 0.1) is 23.4 Å². The fraction of sp³-hybridized carbons (Fsp3) is 0.500. The molecule has 2 nitrogen and oxygen atoms in total. The average Bonchev–Trinajstić information content (AvgIpc) is 2.45. The molecule has 104 valence electrons. The van der Waals surface area contributed by atoms with Crippen molar-refractivity contribution in [3.63, 3.8) is 0 Å². The van der Waals surface area contributed by atoms with Crippen molar-refractivity contribution < 1.29 is 9.84 Å². The Kier molecular flexibility index (Phi) is 5.34. The number of benzene rings is 1. The summed E-state index contributed by atoms with van der Waals surface area (Å²) < 4.78 is 5.44. The minimum absolute atomic E-state index is 0.634. The van der Waals surface area contributed by atoms with E-state index in [1.165, 1.54) is 6.42 Å². The summed E-state index contributed by atoms with van der Waals surface area (Å²) in [7, 11) is 0. The Labute approximate surface area is 119 Å². The Hall–Kier alpha value is -0.930. The highest BCUT2D eigenvalue weighted by atomic mass is 32.2. The highest BCUT2D eigenvalue weighted by molar-refractivity contribution is 8.03. The average molecular weight is 278 g/mol. The molecule has 1 saturated carbocycles. The van der Waals surface area contributed by atoms with Crippen molar-refractivity contribution in [2.45, 2.75) is 49.5 Å². The topological polar surface area (TPSA) is 29.5 Å². The molecule has 1 aliphatic rings. The fourth-order valence-corrected chi connectivity index (χ4v) is 3.44. The van der Waals surface area contributed by atoms with Crippen LogP contribution >= 0.6 is 11.8 Å². The maximum atomic E-state index is 10.8. The number of hydrogen-bond acceptors (Lipinski definition) is 3. The molecule has 3 heteroatoms. The Bertz CT molecular complexity index is 408. The summed E-state index contributed by atoms with van der Waals surface area (Å²) in [5.41, 5.74) is -0.700. The van der Waals surface area contributed by atoms with E-state index in [0.717, 1.165) is 35.5 Å². The maximum absolute atomic E-state index is 10.8. The smallest absolute Gasteiger partial charge is 0.0988 e. The Balaban J connectivity index is 2.16. The monoisotopic (exact) mass is 278 g/mol. The lowest BCUT2D eigenvalue weighted by Crippen LogP contribution is -2.32. The van der Waals surface area contributed by atoms with Crippen molar-refractivity contribution in [3.8, 4) is 0 Å². The van der Waals surface area contributed by atoms with E-state index in [1.807, 2.05) is 25.1 Å². The minimum atomic E-state index is -0.700. The van der Waals surface area contributed by atoms with E-state index in [2.05, 4.69) is 12.1 Å². The zero-order valence-electron chi connectivity index (χ0n) is 11.5. The molecule has 0 spiro atoms. The summed E-state index contributed by atoms with van der Waals surface area (Å²) in [4.78, 5) is 2.09. The third kappa shape index (κ3) is 4.02. The van der Waals surface area contributed by atoms with Crippen LogP contribution in [0.4, 0.5) is 0 Å². The van der Waals surface area contributed by atoms with Crippen LogP contribution in [0, 0.1) is 0 Å². The van der Waals surface area contributed by atoms with Crippen LogP contribution in [0.1, 0.15) is 39.0 Å². The molecule has 0 saturated heterocycles. The molecule has 0 unspecified atom stereocenters. The molecular formula is C16H22O2S. The number of hydrogen-bond donors (Lipinski definition) is 1. The molecule has 1 aromatic carbocycles. The molecule has 0 radical (unpaired) electrons. The molecule has 1 N–H and O–H groups in total. The van der Waals surface area contributed by atoms with Gasteiger partial charge in [-0.2, -0.15) is 0 Å². The van der Waals surface area contributed by atoms with Gasteiger partial charge in [-0.1, -0.05) is 49.2 Å². The molecule has 19 heavy (non-hydrogen) atoms. The zero-order valence-corrected chi connectivity index (χ0v) is 12.3. The number of rotatable bonds is 5. The van der Waals surface area contributed by atoms with Gasteiger partial charge >= 0.3 is 0 Å². The molecular weight excluding hydrogens is 256 g/mol. The first-order chi connectivity index (χ1) is 9.24. The number of ether oxygens (including phenoxy) is 1. The lowest BCUT2D eigenvalue weighted by Gasteiger charge is -2.33. The van der Waals surface area contributed by atoms with Crippen LogP contribution in [0.15, 0.2) is 46.4 Å². The summed E-state index contributed by atoms with van der Waals surface area (Å²) >= 11 is 1.62. The highest BCUT2D eigenvalue weighted by Gasteiger charge is 2.34. The van der Waals surface area contributed by atoms with Gasteiger partial charge in [-0.05, 0) is 31.9 Å². The third-order valence-electron chi connectivity index (χ3n) is 3.47. The van der Waals surface area contributed by atoms with Crippen LogP contribution in [-0.4, -0.2) is 17.3 Å². The van der Waals surface area contributed by atoms with E-state index >= 15 is 0 Å². The summed E-state index contributed by atoms with van der Waals surface area (Å²) in [6.07, 6.45) is 6.84. The molecule has 0 bridgehead atoms. The predicted octanol–water partition coefficient (Wildman–Crippen LogP) is 4.35. The van der Waals surface area contributed by atoms with Gasteiger partial charge in [-0.25, -0.2) is 0 Å². The van der Waals surface area contributed by atoms with Gasteiger partial charge in [0.1, 0.15) is 0 Å². The normalized spacial score (nSPS) is 19.2. The van der Waals surface area contributed by atoms with Crippen molar-refractivity contribution in [2.75, 3.05) is 6.61 Å². The van der Waals surface area contributed by atoms with Crippen molar-refractivity contribution in [3.05, 3.63) is 41.5 Å². The Morgan fingerprint density at radius 1 is 1.26 bits per heavy atom. The SMILES string of the molecule is CCO/C=C(/Sc1ccccc1)C1(O)CCCCC1. The van der Waals surface area contributed by atoms with Crippen LogP contribution in [0.2, 0.25) is 0 Å². The Morgan fingerprint density at radius 3 is 2.58 bits per heavy atom. The number of aliphatic hydroxyl groups is 1. The summed E-state index contributed by atoms with van der Waals surface area (Å²) in [6.45, 7) is 2.60. The first kappa shape index (κ1) is 14.5. The number of thioether (sulfide) groups is 1. The predicted molar refractivity (Wildman–Crippen MR) is 80.0 cm³/mol. The van der Waals surface area contributed by atoms with Crippen molar-refractivity contribution in [1.29, 1.82) is 0 Å². The van der Waals surface area contributed by atoms with Crippen LogP contribution in [0.25, 0.3) is 0 Å². The van der Waals surface area contributed by atoms with E-state index in [1.54, 1.807) is 18.0 Å². The summed E-state index contributed by atoms with van der Waals surface area (Å²) in [6, 6.07) is 10.2. The van der Waals surface area contributed by atoms with Crippen molar-refractivity contribution in [2.24, 2.45) is 0 Å². The van der Waals surface area contributed by atoms with Gasteiger partial charge in [0.2, 0.25) is 0 Å². The summed E-state index contributed by atoms with van der Waals surface area (Å²) in [5, 5.41) is 10.8. The van der Waals surface area contributed by atoms with Gasteiger partial charge < -0.3 is 9.84 Å². The molecule has 0 atom stereocenters. The van der Waals surface area contributed by atoms with Crippen molar-refractivity contribution in [1.82, 2.24) is 0 Å². The van der Waals surface area contributed by atoms with Crippen LogP contribution < -0.4 is 0 Å². The second kappa shape index (κ2) is 7.01. The molecule has 0 heterocycles. The first-order valence-corrected chi connectivity index (χ1v) is 7.84. The van der Waals surface area contributed by atoms with Crippen LogP contribution in [0.5, 0.6) is 0 Å². The molecule has 1 aromatic rings. The molecule has 1 aliphatic carbocycles. The quantitative estimate of drug-likeness (QED) is 0.641. The van der Waals surface area contributed by atoms with E-state index in [-0.39, 0.29) is 0 Å². The summed E-state index contributed by atoms with van der Waals surface area (Å²) in [5.74, 6) is 0. The first-order valence-electron chi connectivity index (χ1n) is 7.02. The lowest BCUT2D eigenvalue weighted by molar-refractivity contribution is 0.0444. The van der Waals surface area contributed by atoms with Gasteiger partial charge in [0.15, 0.2) is 0 Å². The standard InChI is InChI=1S/C16H22O2S/c1-2-18-13-15(16(17)11-7-4-8-12-16)19-14-9-5-3-6-10-14/h3,5-6,9-10,13,17H,2,4,7-8,11-12H2,1H3/b15-13+. The lowest BCUT2D eigenvalue weighted by atomic mass is 9.85. The van der Waals surface area contributed by atoms with Gasteiger partial charge in [-0.3, -0.25) is 0 Å². The molecule has 1 fully saturated rings. The maximum Gasteiger partial charge on any atom is 0.0988 e. The highest BCUT2D eigenvalue weighted by Crippen LogP contribution is 2.42. The van der Waals surface area contributed by atoms with Crippen molar-refractivity contribution >= 4 is 11.8 Å². The van der Waals surface area contributed by atoms with E-state index < -0.39 is 5.60 Å². The van der Waals surface area contributed by atoms with Gasteiger partial charge in [0.25, 0.3) is 0 Å². The second-order valence-corrected chi connectivity index (χ2v) is 6.06. The minimum Gasteiger partial charge on any atom is -0.501 e. The van der Waals surface area contributed by atoms with E-state index in [4.69, 9.17) is 4.74 Å². The third-order valence-corrected chi connectivity index (χ3v) is 4.67. The largest absolute Gasteiger partial charge is 0.501 e. The molecule has 0 aliphatic heterocycles. The van der Waals surface area contributed by atoms with E-state index in [9.17, 15) is 5.11 Å². The van der Waals surface area contributed by atoms with Crippen LogP contribution in [0.3, 0.4) is 0 Å². The second-order valence-electron chi connectivity index (χ2n) is 4.94. The zero-order chi connectivity index (χ0) is 13.6. The van der Waals surface area contributed by atoms with Crippen LogP contribution in [-0.2, 0) is 4.74 Å². The Morgan fingerprint density at radius 2 is 1.95 bits per heavy atom.